The van der Waals surface area contributed by atoms with Crippen molar-refractivity contribution in [3.05, 3.63) is 30.6 Å². The van der Waals surface area contributed by atoms with Crippen molar-refractivity contribution in [1.29, 1.82) is 0 Å². The Kier molecular flexibility index (Phi) is 3.90. The van der Waals surface area contributed by atoms with Gasteiger partial charge in [0.2, 0.25) is 11.8 Å². The Morgan fingerprint density at radius 2 is 2.23 bits per heavy atom. The van der Waals surface area contributed by atoms with Gasteiger partial charge < -0.3 is 14.8 Å². The summed E-state index contributed by atoms with van der Waals surface area (Å²) >= 11 is 0. The van der Waals surface area contributed by atoms with Crippen molar-refractivity contribution < 1.29 is 9.59 Å². The Morgan fingerprint density at radius 1 is 1.36 bits per heavy atom. The van der Waals surface area contributed by atoms with E-state index in [0.29, 0.717) is 25.9 Å². The van der Waals surface area contributed by atoms with Crippen LogP contribution >= 0.6 is 0 Å². The summed E-state index contributed by atoms with van der Waals surface area (Å²) in [5.41, 5.74) is 1.70. The molecule has 8 heteroatoms. The number of hydrogen-bond donors (Lipinski definition) is 1. The van der Waals surface area contributed by atoms with Crippen molar-refractivity contribution >= 4 is 17.5 Å². The number of aryl methyl sites for hydroxylation is 2. The number of carbonyl (C=O) groups is 2. The molecule has 2 aromatic heterocycles. The normalized spacial score (nSPS) is 15.4. The zero-order valence-electron chi connectivity index (χ0n) is 12.4. The standard InChI is InChI=1S/C14H18N6O2/c1-18-8-12(7-17-18)20-5-4-19(9-14(20)22)13(21)3-2-11-6-15-10-16-11/h6-8,10H,2-5,9H2,1H3,(H,15,16). The van der Waals surface area contributed by atoms with Crippen LogP contribution in [0.1, 0.15) is 12.1 Å². The molecule has 116 valence electrons. The van der Waals surface area contributed by atoms with E-state index in [1.165, 1.54) is 0 Å². The lowest BCUT2D eigenvalue weighted by Crippen LogP contribution is -2.52. The number of amides is 2. The van der Waals surface area contributed by atoms with Gasteiger partial charge in [-0.3, -0.25) is 14.3 Å². The van der Waals surface area contributed by atoms with Gasteiger partial charge in [0.25, 0.3) is 0 Å². The van der Waals surface area contributed by atoms with E-state index in [0.717, 1.165) is 11.4 Å². The predicted molar refractivity (Wildman–Crippen MR) is 79.0 cm³/mol. The minimum Gasteiger partial charge on any atom is -0.348 e. The van der Waals surface area contributed by atoms with E-state index in [4.69, 9.17) is 0 Å². The monoisotopic (exact) mass is 302 g/mol. The molecule has 22 heavy (non-hydrogen) atoms. The fourth-order valence-corrected chi connectivity index (χ4v) is 2.53. The summed E-state index contributed by atoms with van der Waals surface area (Å²) in [5.74, 6) is -0.0806. The number of rotatable bonds is 4. The molecule has 1 saturated heterocycles. The molecule has 0 radical (unpaired) electrons. The van der Waals surface area contributed by atoms with Crippen LogP contribution < -0.4 is 4.90 Å². The van der Waals surface area contributed by atoms with Gasteiger partial charge in [0.05, 0.1) is 18.2 Å². The quantitative estimate of drug-likeness (QED) is 0.858. The third-order valence-corrected chi connectivity index (χ3v) is 3.74. The van der Waals surface area contributed by atoms with E-state index in [9.17, 15) is 9.59 Å². The Hall–Kier alpha value is -2.64. The topological polar surface area (TPSA) is 87.1 Å². The number of aromatic nitrogens is 4. The highest BCUT2D eigenvalue weighted by Crippen LogP contribution is 2.16. The van der Waals surface area contributed by atoms with Gasteiger partial charge in [0, 0.05) is 44.6 Å². The van der Waals surface area contributed by atoms with Crippen LogP contribution in [-0.2, 0) is 23.1 Å². The number of imidazole rings is 1. The maximum Gasteiger partial charge on any atom is 0.246 e. The van der Waals surface area contributed by atoms with Gasteiger partial charge in [-0.05, 0) is 6.42 Å². The number of piperazine rings is 1. The van der Waals surface area contributed by atoms with Crippen molar-refractivity contribution in [1.82, 2.24) is 24.6 Å². The third-order valence-electron chi connectivity index (χ3n) is 3.74. The lowest BCUT2D eigenvalue weighted by molar-refractivity contribution is -0.136. The minimum atomic E-state index is -0.0749. The summed E-state index contributed by atoms with van der Waals surface area (Å²) in [6.07, 6.45) is 7.74. The molecular weight excluding hydrogens is 284 g/mol. The van der Waals surface area contributed by atoms with Crippen molar-refractivity contribution in [2.45, 2.75) is 12.8 Å². The number of anilines is 1. The highest BCUT2D eigenvalue weighted by Gasteiger charge is 2.28. The van der Waals surface area contributed by atoms with Gasteiger partial charge in [-0.15, -0.1) is 0 Å². The number of nitrogens with one attached hydrogen (secondary N) is 1. The van der Waals surface area contributed by atoms with Gasteiger partial charge in [0.1, 0.15) is 6.54 Å². The summed E-state index contributed by atoms with van der Waals surface area (Å²) in [5, 5.41) is 4.07. The fraction of sp³-hybridized carbons (Fsp3) is 0.429. The molecule has 0 unspecified atom stereocenters. The first-order valence-electron chi connectivity index (χ1n) is 7.17. The van der Waals surface area contributed by atoms with E-state index in [1.807, 2.05) is 7.05 Å². The third kappa shape index (κ3) is 3.00. The molecule has 2 amide bonds. The molecule has 0 saturated carbocycles. The highest BCUT2D eigenvalue weighted by molar-refractivity contribution is 5.97. The maximum absolute atomic E-state index is 12.2. The van der Waals surface area contributed by atoms with Gasteiger partial charge in [-0.25, -0.2) is 4.98 Å². The molecule has 1 N–H and O–H groups in total. The fourth-order valence-electron chi connectivity index (χ4n) is 2.53. The Morgan fingerprint density at radius 3 is 2.86 bits per heavy atom. The van der Waals surface area contributed by atoms with Gasteiger partial charge in [-0.2, -0.15) is 5.10 Å². The van der Waals surface area contributed by atoms with Crippen LogP contribution in [0.25, 0.3) is 0 Å². The van der Waals surface area contributed by atoms with Crippen LogP contribution in [0, 0.1) is 0 Å². The van der Waals surface area contributed by atoms with Crippen LogP contribution in [-0.4, -0.2) is 56.1 Å². The van der Waals surface area contributed by atoms with Crippen LogP contribution in [0.3, 0.4) is 0 Å². The largest absolute Gasteiger partial charge is 0.348 e. The molecule has 2 aromatic rings. The molecule has 0 aliphatic carbocycles. The lowest BCUT2D eigenvalue weighted by atomic mass is 10.2. The number of nitrogens with zero attached hydrogens (tertiary/aromatic N) is 5. The lowest BCUT2D eigenvalue weighted by Gasteiger charge is -2.33. The smallest absolute Gasteiger partial charge is 0.246 e. The average Bonchev–Trinajstić information content (AvgIpc) is 3.16. The second-order valence-electron chi connectivity index (χ2n) is 5.31. The molecule has 0 bridgehead atoms. The van der Waals surface area contributed by atoms with Crippen molar-refractivity contribution in [3.8, 4) is 0 Å². The van der Waals surface area contributed by atoms with E-state index in [-0.39, 0.29) is 18.4 Å². The first-order chi connectivity index (χ1) is 10.6. The molecule has 8 nitrogen and oxygen atoms in total. The van der Waals surface area contributed by atoms with Crippen LogP contribution in [0.4, 0.5) is 5.69 Å². The van der Waals surface area contributed by atoms with Gasteiger partial charge in [0.15, 0.2) is 0 Å². The minimum absolute atomic E-state index is 0.00575. The van der Waals surface area contributed by atoms with E-state index in [1.54, 1.807) is 39.4 Å². The summed E-state index contributed by atoms with van der Waals surface area (Å²) in [4.78, 5) is 34.6. The highest BCUT2D eigenvalue weighted by atomic mass is 16.2. The SMILES string of the molecule is Cn1cc(N2CCN(C(=O)CCc3cnc[nH]3)CC2=O)cn1. The molecule has 0 atom stereocenters. The molecule has 0 spiro atoms. The first kappa shape index (κ1) is 14.3. The summed E-state index contributed by atoms with van der Waals surface area (Å²) < 4.78 is 1.66. The maximum atomic E-state index is 12.2. The van der Waals surface area contributed by atoms with Crippen molar-refractivity contribution in [2.75, 3.05) is 24.5 Å². The van der Waals surface area contributed by atoms with Crippen molar-refractivity contribution in [2.24, 2.45) is 7.05 Å². The predicted octanol–water partition coefficient (Wildman–Crippen LogP) is -0.0488. The van der Waals surface area contributed by atoms with Crippen LogP contribution in [0.2, 0.25) is 0 Å². The number of aromatic amines is 1. The summed E-state index contributed by atoms with van der Waals surface area (Å²) in [6, 6.07) is 0. The van der Waals surface area contributed by atoms with Crippen LogP contribution in [0.15, 0.2) is 24.9 Å². The summed E-state index contributed by atoms with van der Waals surface area (Å²) in [6.45, 7) is 1.17. The van der Waals surface area contributed by atoms with Gasteiger partial charge >= 0.3 is 0 Å². The Bertz CT molecular complexity index is 663. The summed E-state index contributed by atoms with van der Waals surface area (Å²) in [7, 11) is 1.81. The molecule has 1 aliphatic heterocycles. The van der Waals surface area contributed by atoms with Crippen LogP contribution in [0.5, 0.6) is 0 Å². The zero-order valence-corrected chi connectivity index (χ0v) is 12.4. The van der Waals surface area contributed by atoms with Gasteiger partial charge in [-0.1, -0.05) is 0 Å². The molecule has 1 aliphatic rings. The molecule has 3 rings (SSSR count). The van der Waals surface area contributed by atoms with E-state index < -0.39 is 0 Å². The Balaban J connectivity index is 1.55. The van der Waals surface area contributed by atoms with E-state index >= 15 is 0 Å². The molecular formula is C14H18N6O2. The second kappa shape index (κ2) is 6.00. The first-order valence-corrected chi connectivity index (χ1v) is 7.17. The molecule has 1 fully saturated rings. The van der Waals surface area contributed by atoms with E-state index in [2.05, 4.69) is 15.1 Å². The number of hydrogen-bond acceptors (Lipinski definition) is 4. The number of H-pyrrole nitrogens is 1. The number of carbonyl (C=O) groups excluding carboxylic acids is 2. The Labute approximate surface area is 127 Å². The van der Waals surface area contributed by atoms with Crippen molar-refractivity contribution in [3.63, 3.8) is 0 Å². The molecule has 3 heterocycles. The average molecular weight is 302 g/mol. The molecule has 0 aromatic carbocycles. The zero-order chi connectivity index (χ0) is 15.5. The second-order valence-corrected chi connectivity index (χ2v) is 5.31.